The molecule has 2 rings (SSSR count). The van der Waals surface area contributed by atoms with E-state index >= 15 is 0 Å². The number of aromatic nitrogens is 1. The van der Waals surface area contributed by atoms with Crippen molar-refractivity contribution in [2.24, 2.45) is 17.9 Å². The molecule has 0 saturated heterocycles. The molecule has 0 atom stereocenters. The van der Waals surface area contributed by atoms with Gasteiger partial charge in [0.2, 0.25) is 0 Å². The Morgan fingerprint density at radius 2 is 1.90 bits per heavy atom. The van der Waals surface area contributed by atoms with Crippen LogP contribution < -0.4 is 5.32 Å². The molecule has 1 fully saturated rings. The molecule has 3 heteroatoms. The molecule has 3 nitrogen and oxygen atoms in total. The van der Waals surface area contributed by atoms with E-state index in [1.165, 1.54) is 24.8 Å². The van der Waals surface area contributed by atoms with Gasteiger partial charge in [0.15, 0.2) is 0 Å². The maximum atomic E-state index is 8.99. The van der Waals surface area contributed by atoms with Gasteiger partial charge in [-0.25, -0.2) is 0 Å². The minimum atomic E-state index is 0.411. The minimum absolute atomic E-state index is 0.411. The second-order valence-corrected chi connectivity index (χ2v) is 7.95. The summed E-state index contributed by atoms with van der Waals surface area (Å²) in [7, 11) is 1.93. The number of aryl methyl sites for hydroxylation is 1. The van der Waals surface area contributed by atoms with Gasteiger partial charge >= 0.3 is 0 Å². The van der Waals surface area contributed by atoms with Crippen LogP contribution in [0.3, 0.4) is 0 Å². The Bertz CT molecular complexity index is 501. The number of nitrogens with zero attached hydrogens (tertiary/aromatic N) is 2. The Morgan fingerprint density at radius 1 is 1.30 bits per heavy atom. The summed E-state index contributed by atoms with van der Waals surface area (Å²) in [4.78, 5) is 0. The van der Waals surface area contributed by atoms with Crippen molar-refractivity contribution >= 4 is 0 Å². The molecule has 0 radical (unpaired) electrons. The highest BCUT2D eigenvalue weighted by Gasteiger charge is 2.38. The summed E-state index contributed by atoms with van der Waals surface area (Å²) in [5.74, 6) is 0. The normalized spacial score (nSPS) is 21.6. The minimum Gasteiger partial charge on any atom is -0.342 e. The summed E-state index contributed by atoms with van der Waals surface area (Å²) in [5.41, 5.74) is 2.75. The summed E-state index contributed by atoms with van der Waals surface area (Å²) in [6.07, 6.45) is 5.80. The van der Waals surface area contributed by atoms with Gasteiger partial charge < -0.3 is 9.88 Å². The van der Waals surface area contributed by atoms with Crippen molar-refractivity contribution in [1.29, 1.82) is 5.26 Å². The van der Waals surface area contributed by atoms with Crippen molar-refractivity contribution < 1.29 is 0 Å². The maximum absolute atomic E-state index is 8.99. The van der Waals surface area contributed by atoms with Crippen LogP contribution in [0.4, 0.5) is 0 Å². The van der Waals surface area contributed by atoms with E-state index in [0.29, 0.717) is 16.9 Å². The highest BCUT2D eigenvalue weighted by atomic mass is 15.0. The van der Waals surface area contributed by atoms with Crippen LogP contribution in [0.15, 0.2) is 12.3 Å². The van der Waals surface area contributed by atoms with E-state index in [1.54, 1.807) is 0 Å². The first-order valence-electron chi connectivity index (χ1n) is 7.50. The van der Waals surface area contributed by atoms with Crippen LogP contribution in [-0.4, -0.2) is 10.6 Å². The Labute approximate surface area is 123 Å². The smallest absolute Gasteiger partial charge is 0.120 e. The molecule has 1 heterocycles. The van der Waals surface area contributed by atoms with Crippen molar-refractivity contribution in [3.05, 3.63) is 23.5 Å². The lowest BCUT2D eigenvalue weighted by Gasteiger charge is -2.45. The third kappa shape index (κ3) is 3.64. The lowest BCUT2D eigenvalue weighted by Crippen LogP contribution is -2.43. The van der Waals surface area contributed by atoms with Gasteiger partial charge in [-0.05, 0) is 41.7 Å². The third-order valence-corrected chi connectivity index (χ3v) is 4.33. The first-order valence-corrected chi connectivity index (χ1v) is 7.50. The van der Waals surface area contributed by atoms with Gasteiger partial charge in [0.25, 0.3) is 0 Å². The van der Waals surface area contributed by atoms with E-state index < -0.39 is 0 Å². The first-order chi connectivity index (χ1) is 9.21. The quantitative estimate of drug-likeness (QED) is 0.914. The maximum Gasteiger partial charge on any atom is 0.120 e. The number of nitriles is 1. The Kier molecular flexibility index (Phi) is 3.97. The van der Waals surface area contributed by atoms with Crippen LogP contribution in [0.2, 0.25) is 0 Å². The van der Waals surface area contributed by atoms with E-state index in [0.717, 1.165) is 12.2 Å². The van der Waals surface area contributed by atoms with E-state index in [4.69, 9.17) is 5.26 Å². The van der Waals surface area contributed by atoms with Crippen molar-refractivity contribution in [3.8, 4) is 6.07 Å². The van der Waals surface area contributed by atoms with Crippen molar-refractivity contribution in [2.75, 3.05) is 0 Å². The summed E-state index contributed by atoms with van der Waals surface area (Å²) in [5, 5.41) is 12.7. The van der Waals surface area contributed by atoms with Crippen LogP contribution in [-0.2, 0) is 13.6 Å². The molecule has 1 aliphatic carbocycles. The summed E-state index contributed by atoms with van der Waals surface area (Å²) < 4.78 is 1.89. The van der Waals surface area contributed by atoms with Crippen molar-refractivity contribution in [3.63, 3.8) is 0 Å². The summed E-state index contributed by atoms with van der Waals surface area (Å²) >= 11 is 0. The zero-order valence-electron chi connectivity index (χ0n) is 13.5. The average molecular weight is 273 g/mol. The lowest BCUT2D eigenvalue weighted by molar-refractivity contribution is 0.0845. The zero-order chi connectivity index (χ0) is 15.0. The molecule has 0 bridgehead atoms. The Morgan fingerprint density at radius 3 is 2.40 bits per heavy atom. The van der Waals surface area contributed by atoms with Gasteiger partial charge in [-0.2, -0.15) is 5.26 Å². The molecule has 1 N–H and O–H groups in total. The predicted molar refractivity (Wildman–Crippen MR) is 82.2 cm³/mol. The molecular formula is C17H27N3. The Hall–Kier alpha value is -1.27. The highest BCUT2D eigenvalue weighted by Crippen LogP contribution is 2.45. The highest BCUT2D eigenvalue weighted by molar-refractivity contribution is 5.28. The van der Waals surface area contributed by atoms with Crippen LogP contribution >= 0.6 is 0 Å². The topological polar surface area (TPSA) is 40.8 Å². The van der Waals surface area contributed by atoms with Crippen LogP contribution in [0.25, 0.3) is 0 Å². The second kappa shape index (κ2) is 5.26. The summed E-state index contributed by atoms with van der Waals surface area (Å²) in [6.45, 7) is 10.3. The fourth-order valence-electron chi connectivity index (χ4n) is 4.09. The molecule has 0 aliphatic heterocycles. The van der Waals surface area contributed by atoms with E-state index in [2.05, 4.69) is 39.1 Å². The molecule has 0 amide bonds. The fourth-order valence-corrected chi connectivity index (χ4v) is 4.09. The zero-order valence-corrected chi connectivity index (χ0v) is 13.5. The molecule has 110 valence electrons. The molecule has 0 aromatic carbocycles. The molecule has 1 saturated carbocycles. The van der Waals surface area contributed by atoms with Gasteiger partial charge in [0.1, 0.15) is 11.8 Å². The van der Waals surface area contributed by atoms with Crippen molar-refractivity contribution in [1.82, 2.24) is 9.88 Å². The van der Waals surface area contributed by atoms with Crippen LogP contribution in [0, 0.1) is 22.2 Å². The summed E-state index contributed by atoms with van der Waals surface area (Å²) in [6, 6.07) is 4.76. The SMILES string of the molecule is Cn1cc(CNC2CC(C)(C)CC(C)(C)C2)cc1C#N. The molecule has 1 aromatic heterocycles. The van der Waals surface area contributed by atoms with Crippen LogP contribution in [0.5, 0.6) is 0 Å². The average Bonchev–Trinajstić information content (AvgIpc) is 2.63. The molecule has 20 heavy (non-hydrogen) atoms. The van der Waals surface area contributed by atoms with Gasteiger partial charge in [0, 0.05) is 25.8 Å². The number of hydrogen-bond acceptors (Lipinski definition) is 2. The lowest BCUT2D eigenvalue weighted by atomic mass is 9.63. The Balaban J connectivity index is 1.98. The van der Waals surface area contributed by atoms with Gasteiger partial charge in [-0.3, -0.25) is 0 Å². The number of nitrogens with one attached hydrogen (secondary N) is 1. The monoisotopic (exact) mass is 273 g/mol. The van der Waals surface area contributed by atoms with E-state index in [1.807, 2.05) is 23.9 Å². The third-order valence-electron chi connectivity index (χ3n) is 4.33. The number of hydrogen-bond donors (Lipinski definition) is 1. The van der Waals surface area contributed by atoms with E-state index in [-0.39, 0.29) is 0 Å². The molecular weight excluding hydrogens is 246 g/mol. The van der Waals surface area contributed by atoms with Gasteiger partial charge in [-0.1, -0.05) is 27.7 Å². The molecule has 0 spiro atoms. The second-order valence-electron chi connectivity index (χ2n) is 7.95. The van der Waals surface area contributed by atoms with E-state index in [9.17, 15) is 0 Å². The standard InChI is InChI=1S/C17H27N3/c1-16(2)7-14(8-17(3,4)12-16)19-10-13-6-15(9-18)20(5)11-13/h6,11,14,19H,7-8,10,12H2,1-5H3. The number of rotatable bonds is 3. The first kappa shape index (κ1) is 15.1. The predicted octanol–water partition coefficient (Wildman–Crippen LogP) is 3.59. The van der Waals surface area contributed by atoms with Crippen LogP contribution in [0.1, 0.15) is 58.2 Å². The van der Waals surface area contributed by atoms with Crippen molar-refractivity contribution in [2.45, 2.75) is 59.5 Å². The molecule has 1 aliphatic rings. The fraction of sp³-hybridized carbons (Fsp3) is 0.706. The largest absolute Gasteiger partial charge is 0.342 e. The van der Waals surface area contributed by atoms with Gasteiger partial charge in [0.05, 0.1) is 0 Å². The molecule has 1 aromatic rings. The molecule has 0 unspecified atom stereocenters. The van der Waals surface area contributed by atoms with Gasteiger partial charge in [-0.15, -0.1) is 0 Å².